The van der Waals surface area contributed by atoms with Gasteiger partial charge in [-0.25, -0.2) is 8.78 Å². The Balaban J connectivity index is 1.81. The van der Waals surface area contributed by atoms with E-state index in [0.29, 0.717) is 18.4 Å². The van der Waals surface area contributed by atoms with Crippen molar-refractivity contribution in [2.24, 2.45) is 5.92 Å². The van der Waals surface area contributed by atoms with Crippen LogP contribution in [-0.2, 0) is 16.1 Å². The lowest BCUT2D eigenvalue weighted by atomic mass is 9.82. The molecule has 92 valence electrons. The maximum absolute atomic E-state index is 12.8. The average molecular weight is 242 g/mol. The number of carboxylic acids is 1. The Kier molecular flexibility index (Phi) is 3.38. The number of benzene rings is 1. The van der Waals surface area contributed by atoms with E-state index in [0.717, 1.165) is 6.07 Å². The molecule has 1 aromatic carbocycles. The molecule has 0 atom stereocenters. The zero-order valence-corrected chi connectivity index (χ0v) is 9.03. The van der Waals surface area contributed by atoms with E-state index in [1.54, 1.807) is 0 Å². The first-order chi connectivity index (χ1) is 8.04. The van der Waals surface area contributed by atoms with E-state index < -0.39 is 17.6 Å². The van der Waals surface area contributed by atoms with Gasteiger partial charge in [-0.15, -0.1) is 0 Å². The molecule has 0 aromatic heterocycles. The summed E-state index contributed by atoms with van der Waals surface area (Å²) >= 11 is 0. The first-order valence-corrected chi connectivity index (χ1v) is 5.34. The summed E-state index contributed by atoms with van der Waals surface area (Å²) in [5.74, 6) is -2.44. The molecule has 1 fully saturated rings. The monoisotopic (exact) mass is 242 g/mol. The Morgan fingerprint density at radius 3 is 2.41 bits per heavy atom. The van der Waals surface area contributed by atoms with Crippen LogP contribution in [-0.4, -0.2) is 17.2 Å². The topological polar surface area (TPSA) is 46.5 Å². The normalized spacial score (nSPS) is 23.2. The summed E-state index contributed by atoms with van der Waals surface area (Å²) in [7, 11) is 0. The molecule has 1 aliphatic rings. The second-order valence-electron chi connectivity index (χ2n) is 4.22. The highest BCUT2D eigenvalue weighted by atomic mass is 19.1. The highest BCUT2D eigenvalue weighted by Gasteiger charge is 2.35. The van der Waals surface area contributed by atoms with E-state index in [4.69, 9.17) is 9.84 Å². The minimum Gasteiger partial charge on any atom is -0.481 e. The number of carboxylic acid groups (broad SMARTS) is 1. The lowest BCUT2D eigenvalue weighted by Gasteiger charge is -2.32. The number of rotatable bonds is 4. The Hall–Kier alpha value is -1.49. The maximum Gasteiger partial charge on any atom is 0.306 e. The molecule has 0 radical (unpaired) electrons. The first kappa shape index (κ1) is 12.0. The molecule has 0 saturated heterocycles. The number of aliphatic carboxylic acids is 1. The summed E-state index contributed by atoms with van der Waals surface area (Å²) < 4.78 is 31.0. The molecule has 0 unspecified atom stereocenters. The van der Waals surface area contributed by atoms with Crippen molar-refractivity contribution in [3.05, 3.63) is 35.4 Å². The second kappa shape index (κ2) is 4.79. The molecule has 2 rings (SSSR count). The third kappa shape index (κ3) is 3.00. The van der Waals surface area contributed by atoms with Gasteiger partial charge in [-0.3, -0.25) is 4.79 Å². The molecule has 0 spiro atoms. The fraction of sp³-hybridized carbons (Fsp3) is 0.417. The van der Waals surface area contributed by atoms with Gasteiger partial charge in [0.15, 0.2) is 0 Å². The van der Waals surface area contributed by atoms with Crippen LogP contribution >= 0.6 is 0 Å². The second-order valence-corrected chi connectivity index (χ2v) is 4.22. The fourth-order valence-corrected chi connectivity index (χ4v) is 1.81. The predicted octanol–water partition coefficient (Wildman–Crippen LogP) is 2.34. The number of hydrogen-bond acceptors (Lipinski definition) is 2. The summed E-state index contributed by atoms with van der Waals surface area (Å²) in [6.45, 7) is 0.103. The third-order valence-electron chi connectivity index (χ3n) is 2.85. The zero-order valence-electron chi connectivity index (χ0n) is 9.03. The van der Waals surface area contributed by atoms with Gasteiger partial charge in [0, 0.05) is 6.07 Å². The Morgan fingerprint density at radius 1 is 1.29 bits per heavy atom. The molecule has 1 aliphatic carbocycles. The van der Waals surface area contributed by atoms with Gasteiger partial charge in [-0.1, -0.05) is 0 Å². The number of ether oxygens (including phenoxy) is 1. The maximum atomic E-state index is 12.8. The van der Waals surface area contributed by atoms with E-state index in [9.17, 15) is 13.6 Å². The van der Waals surface area contributed by atoms with Gasteiger partial charge in [0.1, 0.15) is 11.6 Å². The summed E-state index contributed by atoms with van der Waals surface area (Å²) in [4.78, 5) is 10.5. The quantitative estimate of drug-likeness (QED) is 0.881. The van der Waals surface area contributed by atoms with Crippen LogP contribution in [0, 0.1) is 17.6 Å². The molecule has 17 heavy (non-hydrogen) atoms. The van der Waals surface area contributed by atoms with Crippen LogP contribution in [0.5, 0.6) is 0 Å². The zero-order chi connectivity index (χ0) is 12.4. The molecule has 0 bridgehead atoms. The SMILES string of the molecule is O=C(O)[C@H]1C[C@H](OCc2cc(F)cc(F)c2)C1. The van der Waals surface area contributed by atoms with Gasteiger partial charge in [0.25, 0.3) is 0 Å². The van der Waals surface area contributed by atoms with Crippen LogP contribution < -0.4 is 0 Å². The molecule has 5 heteroatoms. The van der Waals surface area contributed by atoms with Crippen molar-refractivity contribution in [2.75, 3.05) is 0 Å². The van der Waals surface area contributed by atoms with Gasteiger partial charge in [0.2, 0.25) is 0 Å². The van der Waals surface area contributed by atoms with Crippen LogP contribution in [0.3, 0.4) is 0 Å². The van der Waals surface area contributed by atoms with E-state index >= 15 is 0 Å². The van der Waals surface area contributed by atoms with Gasteiger partial charge >= 0.3 is 5.97 Å². The van der Waals surface area contributed by atoms with E-state index in [1.807, 2.05) is 0 Å². The van der Waals surface area contributed by atoms with Gasteiger partial charge in [-0.05, 0) is 30.5 Å². The van der Waals surface area contributed by atoms with Crippen molar-refractivity contribution in [2.45, 2.75) is 25.6 Å². The molecule has 1 N–H and O–H groups in total. The van der Waals surface area contributed by atoms with Gasteiger partial charge < -0.3 is 9.84 Å². The van der Waals surface area contributed by atoms with Crippen molar-refractivity contribution in [1.82, 2.24) is 0 Å². The summed E-state index contributed by atoms with van der Waals surface area (Å²) in [6, 6.07) is 3.21. The largest absolute Gasteiger partial charge is 0.481 e. The Morgan fingerprint density at radius 2 is 1.88 bits per heavy atom. The standard InChI is InChI=1S/C12H12F2O3/c13-9-1-7(2-10(14)5-9)6-17-11-3-8(4-11)12(15)16/h1-2,5,8,11H,3-4,6H2,(H,15,16)/t8-,11-. The van der Waals surface area contributed by atoms with Crippen molar-refractivity contribution >= 4 is 5.97 Å². The van der Waals surface area contributed by atoms with Crippen molar-refractivity contribution in [3.8, 4) is 0 Å². The summed E-state index contributed by atoms with van der Waals surface area (Å²) in [6.07, 6.45) is 0.808. The van der Waals surface area contributed by atoms with Crippen LogP contribution in [0.15, 0.2) is 18.2 Å². The highest BCUT2D eigenvalue weighted by molar-refractivity contribution is 5.71. The number of hydrogen-bond donors (Lipinski definition) is 1. The van der Waals surface area contributed by atoms with E-state index in [1.165, 1.54) is 12.1 Å². The Bertz CT molecular complexity index is 408. The van der Waals surface area contributed by atoms with Crippen LogP contribution in [0.2, 0.25) is 0 Å². The van der Waals surface area contributed by atoms with E-state index in [2.05, 4.69) is 0 Å². The smallest absolute Gasteiger partial charge is 0.306 e. The van der Waals surface area contributed by atoms with Crippen molar-refractivity contribution in [3.63, 3.8) is 0 Å². The molecular formula is C12H12F2O3. The van der Waals surface area contributed by atoms with Crippen molar-refractivity contribution in [1.29, 1.82) is 0 Å². The minimum absolute atomic E-state index is 0.103. The van der Waals surface area contributed by atoms with Gasteiger partial charge in [0.05, 0.1) is 18.6 Å². The molecule has 0 aliphatic heterocycles. The minimum atomic E-state index is -0.818. The fourth-order valence-electron chi connectivity index (χ4n) is 1.81. The molecular weight excluding hydrogens is 230 g/mol. The molecule has 1 aromatic rings. The predicted molar refractivity (Wildman–Crippen MR) is 55.3 cm³/mol. The lowest BCUT2D eigenvalue weighted by Crippen LogP contribution is -2.36. The molecule has 0 amide bonds. The number of carbonyl (C=O) groups is 1. The summed E-state index contributed by atoms with van der Waals surface area (Å²) in [5.41, 5.74) is 0.418. The van der Waals surface area contributed by atoms with Crippen LogP contribution in [0.4, 0.5) is 8.78 Å². The van der Waals surface area contributed by atoms with Gasteiger partial charge in [-0.2, -0.15) is 0 Å². The number of halogens is 2. The highest BCUT2D eigenvalue weighted by Crippen LogP contribution is 2.30. The van der Waals surface area contributed by atoms with E-state index in [-0.39, 0.29) is 18.6 Å². The Labute approximate surface area is 97.0 Å². The molecule has 0 heterocycles. The van der Waals surface area contributed by atoms with Crippen LogP contribution in [0.25, 0.3) is 0 Å². The first-order valence-electron chi connectivity index (χ1n) is 5.34. The average Bonchev–Trinajstić information content (AvgIpc) is 2.12. The third-order valence-corrected chi connectivity index (χ3v) is 2.85. The summed E-state index contributed by atoms with van der Waals surface area (Å²) in [5, 5.41) is 8.65. The lowest BCUT2D eigenvalue weighted by molar-refractivity contribution is -0.151. The molecule has 1 saturated carbocycles. The molecule has 3 nitrogen and oxygen atoms in total. The van der Waals surface area contributed by atoms with Crippen molar-refractivity contribution < 1.29 is 23.4 Å². The van der Waals surface area contributed by atoms with Crippen LogP contribution in [0.1, 0.15) is 18.4 Å².